The number of benzene rings is 3. The molecule has 0 saturated heterocycles. The van der Waals surface area contributed by atoms with Crippen LogP contribution in [0, 0.1) is 11.3 Å². The normalized spacial score (nSPS) is 11.3. The van der Waals surface area contributed by atoms with E-state index in [4.69, 9.17) is 19.7 Å². The lowest BCUT2D eigenvalue weighted by Gasteiger charge is -2.26. The molecule has 0 aliphatic rings. The van der Waals surface area contributed by atoms with Crippen molar-refractivity contribution in [1.29, 1.82) is 5.26 Å². The van der Waals surface area contributed by atoms with Crippen LogP contribution in [0.1, 0.15) is 70.1 Å². The minimum absolute atomic E-state index is 0.300. The van der Waals surface area contributed by atoms with Crippen LogP contribution in [-0.4, -0.2) is 34.3 Å². The van der Waals surface area contributed by atoms with Gasteiger partial charge in [-0.2, -0.15) is 5.26 Å². The van der Waals surface area contributed by atoms with Gasteiger partial charge >= 0.3 is 5.97 Å². The van der Waals surface area contributed by atoms with Crippen molar-refractivity contribution in [1.82, 2.24) is 9.97 Å². The predicted molar refractivity (Wildman–Crippen MR) is 227 cm³/mol. The quantitative estimate of drug-likeness (QED) is 0.0463. The van der Waals surface area contributed by atoms with Gasteiger partial charge < -0.3 is 19.5 Å². The summed E-state index contributed by atoms with van der Waals surface area (Å²) in [5.74, 6) is 0.504. The number of ether oxygens (including phenoxy) is 2. The molecular formula is C44H44N4O4S3. The maximum Gasteiger partial charge on any atom is 0.346 e. The van der Waals surface area contributed by atoms with E-state index in [1.54, 1.807) is 34.8 Å². The Bertz CT molecular complexity index is 2140. The summed E-state index contributed by atoms with van der Waals surface area (Å²) < 4.78 is 12.1. The molecule has 3 aromatic heterocycles. The first-order chi connectivity index (χ1) is 26.9. The van der Waals surface area contributed by atoms with Crippen molar-refractivity contribution in [3.05, 3.63) is 108 Å². The molecule has 0 unspecified atom stereocenters. The maximum absolute atomic E-state index is 11.2. The lowest BCUT2D eigenvalue weighted by atomic mass is 10.1. The highest BCUT2D eigenvalue weighted by Gasteiger charge is 2.16. The van der Waals surface area contributed by atoms with E-state index in [9.17, 15) is 9.90 Å². The van der Waals surface area contributed by atoms with Crippen molar-refractivity contribution in [2.75, 3.05) is 18.1 Å². The van der Waals surface area contributed by atoms with Gasteiger partial charge in [-0.3, -0.25) is 0 Å². The Hall–Kier alpha value is -5.28. The van der Waals surface area contributed by atoms with Crippen LogP contribution in [0.4, 0.5) is 17.1 Å². The maximum atomic E-state index is 11.2. The highest BCUT2D eigenvalue weighted by molar-refractivity contribution is 7.27. The van der Waals surface area contributed by atoms with Gasteiger partial charge in [-0.05, 0) is 104 Å². The molecule has 0 aliphatic heterocycles. The SMILES string of the molecule is CCCCCCOc1ccc(N(c2ccc(OCCCCCC)cc2)c2ccc(-c3ncc(-c4cnc(-c5ccc(/C=C(/C#N)C(=O)O)s5)s4)s3)cc2)cc1. The molecule has 8 nitrogen and oxygen atoms in total. The van der Waals surface area contributed by atoms with Gasteiger partial charge in [0.2, 0.25) is 0 Å². The Morgan fingerprint density at radius 3 is 1.69 bits per heavy atom. The highest BCUT2D eigenvalue weighted by atomic mass is 32.1. The summed E-state index contributed by atoms with van der Waals surface area (Å²) in [6, 6.07) is 30.5. The Balaban J connectivity index is 1.18. The van der Waals surface area contributed by atoms with Crippen molar-refractivity contribution in [2.24, 2.45) is 0 Å². The van der Waals surface area contributed by atoms with E-state index >= 15 is 0 Å². The molecule has 0 bridgehead atoms. The summed E-state index contributed by atoms with van der Waals surface area (Å²) >= 11 is 4.56. The van der Waals surface area contributed by atoms with Crippen LogP contribution in [0.5, 0.6) is 11.5 Å². The summed E-state index contributed by atoms with van der Waals surface area (Å²) in [5.41, 5.74) is 3.79. The molecule has 0 radical (unpaired) electrons. The number of thiophene rings is 1. The van der Waals surface area contributed by atoms with E-state index in [0.29, 0.717) is 4.88 Å². The number of rotatable bonds is 20. The van der Waals surface area contributed by atoms with E-state index in [1.165, 1.54) is 55.9 Å². The van der Waals surface area contributed by atoms with Crippen LogP contribution in [0.25, 0.3) is 36.3 Å². The fourth-order valence-electron chi connectivity index (χ4n) is 5.87. The Morgan fingerprint density at radius 1 is 0.673 bits per heavy atom. The number of carbonyl (C=O) groups is 1. The second kappa shape index (κ2) is 19.9. The van der Waals surface area contributed by atoms with E-state index in [-0.39, 0.29) is 5.57 Å². The number of thiazole rings is 2. The van der Waals surface area contributed by atoms with Crippen LogP contribution < -0.4 is 14.4 Å². The van der Waals surface area contributed by atoms with Gasteiger partial charge in [0.15, 0.2) is 0 Å². The molecule has 0 aliphatic carbocycles. The fourth-order valence-corrected chi connectivity index (χ4v) is 8.78. The minimum Gasteiger partial charge on any atom is -0.494 e. The van der Waals surface area contributed by atoms with Gasteiger partial charge in [-0.15, -0.1) is 34.0 Å². The van der Waals surface area contributed by atoms with Gasteiger partial charge in [0.1, 0.15) is 33.2 Å². The van der Waals surface area contributed by atoms with Gasteiger partial charge in [-0.25, -0.2) is 14.8 Å². The summed E-state index contributed by atoms with van der Waals surface area (Å²) in [6.07, 6.45) is 14.5. The number of aliphatic carboxylic acids is 1. The third kappa shape index (κ3) is 10.7. The third-order valence-corrected chi connectivity index (χ3v) is 12.3. The zero-order valence-electron chi connectivity index (χ0n) is 31.1. The van der Waals surface area contributed by atoms with Gasteiger partial charge in [-0.1, -0.05) is 52.4 Å². The fraction of sp³-hybridized carbons (Fsp3) is 0.273. The average molecular weight is 789 g/mol. The second-order valence-corrected chi connectivity index (χ2v) is 16.1. The first-order valence-corrected chi connectivity index (χ1v) is 21.1. The van der Waals surface area contributed by atoms with Crippen molar-refractivity contribution in [3.63, 3.8) is 0 Å². The van der Waals surface area contributed by atoms with Crippen LogP contribution >= 0.6 is 34.0 Å². The molecule has 11 heteroatoms. The Labute approximate surface area is 335 Å². The Morgan fingerprint density at radius 2 is 1.18 bits per heavy atom. The molecule has 282 valence electrons. The van der Waals surface area contributed by atoms with E-state index in [2.05, 4.69) is 72.3 Å². The van der Waals surface area contributed by atoms with Crippen molar-refractivity contribution in [3.8, 4) is 47.8 Å². The number of unbranched alkanes of at least 4 members (excludes halogenated alkanes) is 6. The molecule has 0 atom stereocenters. The zero-order valence-corrected chi connectivity index (χ0v) is 33.5. The van der Waals surface area contributed by atoms with Crippen molar-refractivity contribution in [2.45, 2.75) is 65.2 Å². The van der Waals surface area contributed by atoms with Crippen LogP contribution in [0.15, 0.2) is 103 Å². The average Bonchev–Trinajstić information content (AvgIpc) is 4.00. The van der Waals surface area contributed by atoms with Crippen LogP contribution in [-0.2, 0) is 4.79 Å². The molecule has 3 heterocycles. The van der Waals surface area contributed by atoms with Crippen LogP contribution in [0.3, 0.4) is 0 Å². The monoisotopic (exact) mass is 788 g/mol. The molecular weight excluding hydrogens is 745 g/mol. The summed E-state index contributed by atoms with van der Waals surface area (Å²) in [4.78, 5) is 26.5. The number of hydrogen-bond acceptors (Lipinski definition) is 10. The molecule has 0 saturated carbocycles. The molecule has 0 amide bonds. The number of hydrogen-bond donors (Lipinski definition) is 1. The summed E-state index contributed by atoms with van der Waals surface area (Å²) in [7, 11) is 0. The lowest BCUT2D eigenvalue weighted by Crippen LogP contribution is -2.10. The lowest BCUT2D eigenvalue weighted by molar-refractivity contribution is -0.132. The first kappa shape index (κ1) is 39.4. The standard InChI is InChI=1S/C44H44N4O4S3/c1-3-5-7-9-25-51-36-19-15-34(16-20-36)48(35-17-21-37(22-18-35)52-26-10-8-6-4-2)33-13-11-31(12-14-33)42-46-29-40(54-42)41-30-47-43(55-41)39-24-23-38(53-39)27-32(28-45)44(49)50/h11-24,27,29-30H,3-10,25-26H2,1-2H3,(H,49,50)/b32-27-. The molecule has 6 aromatic rings. The molecule has 0 spiro atoms. The minimum atomic E-state index is -1.24. The van der Waals surface area contributed by atoms with E-state index < -0.39 is 5.97 Å². The van der Waals surface area contributed by atoms with Crippen LogP contribution in [0.2, 0.25) is 0 Å². The third-order valence-electron chi connectivity index (χ3n) is 8.82. The van der Waals surface area contributed by atoms with Gasteiger partial charge in [0, 0.05) is 39.9 Å². The van der Waals surface area contributed by atoms with E-state index in [0.717, 1.165) is 84.8 Å². The summed E-state index contributed by atoms with van der Waals surface area (Å²) in [6.45, 7) is 5.88. The molecule has 0 fully saturated rings. The summed E-state index contributed by atoms with van der Waals surface area (Å²) in [5, 5.41) is 20.0. The van der Waals surface area contributed by atoms with E-state index in [1.807, 2.05) is 42.7 Å². The Kier molecular flexibility index (Phi) is 14.2. The van der Waals surface area contributed by atoms with Gasteiger partial charge in [0.25, 0.3) is 0 Å². The van der Waals surface area contributed by atoms with Gasteiger partial charge in [0.05, 0.1) is 27.8 Å². The molecule has 6 rings (SSSR count). The molecule has 3 aromatic carbocycles. The number of anilines is 3. The number of aromatic nitrogens is 2. The van der Waals surface area contributed by atoms with Crippen molar-refractivity contribution < 1.29 is 19.4 Å². The largest absolute Gasteiger partial charge is 0.494 e. The highest BCUT2D eigenvalue weighted by Crippen LogP contribution is 2.41. The first-order valence-electron chi connectivity index (χ1n) is 18.7. The molecule has 55 heavy (non-hydrogen) atoms. The number of carboxylic acid groups (broad SMARTS) is 1. The zero-order chi connectivity index (χ0) is 38.4. The smallest absolute Gasteiger partial charge is 0.346 e. The number of carboxylic acids is 1. The predicted octanol–water partition coefficient (Wildman–Crippen LogP) is 13.0. The van der Waals surface area contributed by atoms with Crippen molar-refractivity contribution >= 4 is 63.1 Å². The topological polar surface area (TPSA) is 109 Å². The second-order valence-electron chi connectivity index (χ2n) is 12.9. The molecule has 1 N–H and O–H groups in total. The number of nitriles is 1. The number of nitrogens with zero attached hydrogens (tertiary/aromatic N) is 4.